The molecule has 1 saturated carbocycles. The van der Waals surface area contributed by atoms with Crippen molar-refractivity contribution in [2.24, 2.45) is 0 Å². The topological polar surface area (TPSA) is 79.2 Å². The van der Waals surface area contributed by atoms with Crippen LogP contribution in [0.25, 0.3) is 5.53 Å². The van der Waals surface area contributed by atoms with E-state index in [1.807, 2.05) is 0 Å². The summed E-state index contributed by atoms with van der Waals surface area (Å²) in [6.45, 7) is 0. The molecule has 2 aliphatic rings. The van der Waals surface area contributed by atoms with Crippen molar-refractivity contribution in [3.63, 3.8) is 0 Å². The second-order valence-corrected chi connectivity index (χ2v) is 4.70. The Morgan fingerprint density at radius 1 is 1.50 bits per heavy atom. The molecular weight excluding hydrogens is 204 g/mol. The third kappa shape index (κ3) is 1.45. The lowest BCUT2D eigenvalue weighted by atomic mass is 9.97. The quantitative estimate of drug-likeness (QED) is 0.187. The molecule has 0 bridgehead atoms. The van der Waals surface area contributed by atoms with Gasteiger partial charge in [-0.3, -0.25) is 0 Å². The molecule has 0 unspecified atom stereocenters. The van der Waals surface area contributed by atoms with E-state index in [9.17, 15) is 10.1 Å². The van der Waals surface area contributed by atoms with Crippen LogP contribution in [0.4, 0.5) is 0 Å². The predicted octanol–water partition coefficient (Wildman–Crippen LogP) is 0.0269. The fourth-order valence-electron chi connectivity index (χ4n) is 1.92. The number of hydrogen-bond acceptors (Lipinski definition) is 3. The van der Waals surface area contributed by atoms with Crippen LogP contribution in [0, 0.1) is 0 Å². The largest absolute Gasteiger partial charge is 0.643 e. The average molecular weight is 214 g/mol. The summed E-state index contributed by atoms with van der Waals surface area (Å²) < 4.78 is 1.32. The second kappa shape index (κ2) is 3.73. The highest BCUT2D eigenvalue weighted by Crippen LogP contribution is 2.36. The summed E-state index contributed by atoms with van der Waals surface area (Å²) in [4.78, 5) is 14.1. The molecule has 76 valence electrons. The summed E-state index contributed by atoms with van der Waals surface area (Å²) in [6, 6.07) is 0. The molecule has 2 fully saturated rings. The summed E-state index contributed by atoms with van der Waals surface area (Å²) in [7, 11) is 0. The van der Waals surface area contributed by atoms with Gasteiger partial charge in [0.05, 0.1) is 10.0 Å². The third-order valence-electron chi connectivity index (χ3n) is 2.63. The fraction of sp³-hybridized carbons (Fsp3) is 0.750. The minimum Gasteiger partial charge on any atom is -0.593 e. The molecule has 1 aliphatic heterocycles. The monoisotopic (exact) mass is 214 g/mol. The van der Waals surface area contributed by atoms with Crippen molar-refractivity contribution >= 4 is 22.8 Å². The van der Waals surface area contributed by atoms with E-state index in [-0.39, 0.29) is 16.4 Å². The smallest absolute Gasteiger partial charge is 0.593 e. The molecule has 0 amide bonds. The zero-order chi connectivity index (χ0) is 10.1. The molecule has 5 nitrogen and oxygen atoms in total. The van der Waals surface area contributed by atoms with Crippen molar-refractivity contribution in [3.8, 4) is 0 Å². The van der Waals surface area contributed by atoms with E-state index >= 15 is 0 Å². The van der Waals surface area contributed by atoms with Gasteiger partial charge in [-0.2, -0.15) is 0 Å². The Kier molecular flexibility index (Phi) is 2.58. The lowest BCUT2D eigenvalue weighted by Gasteiger charge is -2.42. The first kappa shape index (κ1) is 9.71. The lowest BCUT2D eigenvalue weighted by molar-refractivity contribution is -0.770. The van der Waals surface area contributed by atoms with Crippen LogP contribution < -0.4 is 5.26 Å². The van der Waals surface area contributed by atoms with Gasteiger partial charge in [-0.05, 0) is 24.6 Å². The van der Waals surface area contributed by atoms with E-state index in [4.69, 9.17) is 5.53 Å². The van der Waals surface area contributed by atoms with Gasteiger partial charge >= 0.3 is 11.0 Å². The van der Waals surface area contributed by atoms with E-state index in [0.29, 0.717) is 0 Å². The molecule has 2 atom stereocenters. The standard InChI is InChI=1S/C8H10N2O3S/c9-10-7-8(11)13(12)5-3-1-2-4-6(5)14-7/h5-6H,1-4H2/t5-,6-/m0/s1. The first-order valence-electron chi connectivity index (χ1n) is 4.57. The highest BCUT2D eigenvalue weighted by molar-refractivity contribution is 8.16. The van der Waals surface area contributed by atoms with E-state index in [1.165, 1.54) is 16.3 Å². The SMILES string of the molecule is [N-]=[N+]=C1S[C@H]2CCCC[C@@H]2[O+]([O-])C1=O. The van der Waals surface area contributed by atoms with Crippen LogP contribution in [-0.4, -0.2) is 27.2 Å². The maximum atomic E-state index is 11.4. The summed E-state index contributed by atoms with van der Waals surface area (Å²) in [5, 5.41) is 11.4. The van der Waals surface area contributed by atoms with Crippen molar-refractivity contribution in [1.82, 2.24) is 0 Å². The highest BCUT2D eigenvalue weighted by atomic mass is 32.2. The van der Waals surface area contributed by atoms with Crippen LogP contribution in [0.2, 0.25) is 0 Å². The van der Waals surface area contributed by atoms with Crippen LogP contribution in [0.3, 0.4) is 0 Å². The van der Waals surface area contributed by atoms with Crippen LogP contribution >= 0.6 is 11.8 Å². The van der Waals surface area contributed by atoms with Crippen molar-refractivity contribution in [2.45, 2.75) is 37.0 Å². The Balaban J connectivity index is 2.23. The molecule has 0 spiro atoms. The van der Waals surface area contributed by atoms with Crippen LogP contribution in [-0.2, 0) is 9.31 Å². The van der Waals surface area contributed by atoms with Gasteiger partial charge in [0.2, 0.25) is 0 Å². The number of nitrogens with zero attached hydrogens (tertiary/aromatic N) is 2. The fourth-order valence-corrected chi connectivity index (χ4v) is 3.11. The van der Waals surface area contributed by atoms with Gasteiger partial charge in [-0.1, -0.05) is 6.42 Å². The number of carbonyl (C=O) groups excluding carboxylic acids is 1. The zero-order valence-electron chi connectivity index (χ0n) is 7.51. The van der Waals surface area contributed by atoms with Crippen molar-refractivity contribution in [1.29, 1.82) is 0 Å². The Hall–Kier alpha value is -0.840. The molecular formula is C8H10N2O3S. The molecule has 1 aliphatic carbocycles. The van der Waals surface area contributed by atoms with Crippen LogP contribution in [0.5, 0.6) is 0 Å². The molecule has 1 saturated heterocycles. The van der Waals surface area contributed by atoms with Crippen LogP contribution in [0.1, 0.15) is 25.7 Å². The number of fused-ring (bicyclic) bond motifs is 1. The van der Waals surface area contributed by atoms with E-state index in [0.717, 1.165) is 25.7 Å². The van der Waals surface area contributed by atoms with Crippen molar-refractivity contribution in [2.75, 3.05) is 0 Å². The molecule has 0 aromatic heterocycles. The third-order valence-corrected chi connectivity index (χ3v) is 3.94. The first-order valence-corrected chi connectivity index (χ1v) is 5.45. The van der Waals surface area contributed by atoms with E-state index < -0.39 is 5.97 Å². The average Bonchev–Trinajstić information content (AvgIpc) is 2.23. The Bertz CT molecular complexity index is 314. The maximum Gasteiger partial charge on any atom is 0.643 e. The number of thioether (sulfide) groups is 1. The molecule has 14 heavy (non-hydrogen) atoms. The zero-order valence-corrected chi connectivity index (χ0v) is 8.33. The van der Waals surface area contributed by atoms with Crippen molar-refractivity contribution in [3.05, 3.63) is 5.53 Å². The first-order chi connectivity index (χ1) is 6.74. The van der Waals surface area contributed by atoms with Gasteiger partial charge < -0.3 is 15.3 Å². The van der Waals surface area contributed by atoms with E-state index in [2.05, 4.69) is 4.79 Å². The molecule has 1 heterocycles. The summed E-state index contributed by atoms with van der Waals surface area (Å²) in [6.07, 6.45) is 3.37. The molecule has 0 aromatic carbocycles. The minimum atomic E-state index is -0.777. The van der Waals surface area contributed by atoms with E-state index in [1.54, 1.807) is 0 Å². The van der Waals surface area contributed by atoms with Crippen molar-refractivity contribution < 1.29 is 19.4 Å². The minimum absolute atomic E-state index is 0.0786. The highest BCUT2D eigenvalue weighted by Gasteiger charge is 2.49. The molecule has 6 heteroatoms. The van der Waals surface area contributed by atoms with Gasteiger partial charge in [0, 0.05) is 6.42 Å². The predicted molar refractivity (Wildman–Crippen MR) is 48.4 cm³/mol. The van der Waals surface area contributed by atoms with Gasteiger partial charge in [0.25, 0.3) is 0 Å². The summed E-state index contributed by atoms with van der Waals surface area (Å²) in [5.74, 6) is -0.777. The molecule has 0 radical (unpaired) electrons. The van der Waals surface area contributed by atoms with Gasteiger partial charge in [-0.25, -0.2) is 0 Å². The normalized spacial score (nSPS) is 32.5. The molecule has 0 aromatic rings. The summed E-state index contributed by atoms with van der Waals surface area (Å²) in [5.41, 5.74) is 8.54. The Morgan fingerprint density at radius 3 is 2.93 bits per heavy atom. The van der Waals surface area contributed by atoms with Crippen LogP contribution in [0.15, 0.2) is 0 Å². The second-order valence-electron chi connectivity index (χ2n) is 3.47. The van der Waals surface area contributed by atoms with Gasteiger partial charge in [-0.15, -0.1) is 4.79 Å². The number of hydrogen-bond donors (Lipinski definition) is 0. The lowest BCUT2D eigenvalue weighted by Crippen LogP contribution is -2.53. The number of rotatable bonds is 0. The molecule has 0 N–H and O–H groups in total. The van der Waals surface area contributed by atoms with Gasteiger partial charge in [0.1, 0.15) is 6.10 Å². The maximum absolute atomic E-state index is 11.4. The van der Waals surface area contributed by atoms with Gasteiger partial charge in [0.15, 0.2) is 0 Å². The Morgan fingerprint density at radius 2 is 2.21 bits per heavy atom. The molecule has 2 rings (SSSR count). The number of carbonyl (C=O) groups is 1. The Labute approximate surface area is 85.3 Å². The summed E-state index contributed by atoms with van der Waals surface area (Å²) >= 11 is 1.22.